The van der Waals surface area contributed by atoms with Crippen LogP contribution in [0.3, 0.4) is 0 Å². The van der Waals surface area contributed by atoms with Crippen molar-refractivity contribution in [3.05, 3.63) is 29.8 Å². The van der Waals surface area contributed by atoms with Crippen molar-refractivity contribution in [1.82, 2.24) is 0 Å². The van der Waals surface area contributed by atoms with Crippen LogP contribution in [-0.2, 0) is 25.3 Å². The Morgan fingerprint density at radius 2 is 1.43 bits per heavy atom. The highest BCUT2D eigenvalue weighted by molar-refractivity contribution is 7.95. The van der Waals surface area contributed by atoms with E-state index in [1.807, 2.05) is 12.1 Å². The lowest BCUT2D eigenvalue weighted by Crippen LogP contribution is -2.31. The van der Waals surface area contributed by atoms with Crippen LogP contribution in [0.25, 0.3) is 0 Å². The van der Waals surface area contributed by atoms with Crippen LogP contribution in [0.15, 0.2) is 24.3 Å². The van der Waals surface area contributed by atoms with Crippen LogP contribution < -0.4 is 4.31 Å². The zero-order chi connectivity index (χ0) is 16.5. The Kier molecular flexibility index (Phi) is 5.10. The third kappa shape index (κ3) is 5.32. The van der Waals surface area contributed by atoms with Crippen molar-refractivity contribution in [3.63, 3.8) is 0 Å². The second-order valence-corrected chi connectivity index (χ2v) is 10.6. The predicted molar refractivity (Wildman–Crippen MR) is 87.0 cm³/mol. The second-order valence-electron chi connectivity index (χ2n) is 6.21. The highest BCUT2D eigenvalue weighted by Crippen LogP contribution is 2.25. The molecule has 0 aromatic heterocycles. The summed E-state index contributed by atoms with van der Waals surface area (Å²) in [4.78, 5) is 0. The van der Waals surface area contributed by atoms with Gasteiger partial charge in [0.1, 0.15) is 9.84 Å². The van der Waals surface area contributed by atoms with Gasteiger partial charge in [0.2, 0.25) is 10.0 Å². The van der Waals surface area contributed by atoms with Crippen molar-refractivity contribution < 1.29 is 16.8 Å². The van der Waals surface area contributed by atoms with Gasteiger partial charge < -0.3 is 0 Å². The molecule has 0 fully saturated rings. The van der Waals surface area contributed by atoms with E-state index in [2.05, 4.69) is 20.8 Å². The highest BCUT2D eigenvalue weighted by Gasteiger charge is 2.21. The van der Waals surface area contributed by atoms with E-state index < -0.39 is 25.6 Å². The highest BCUT2D eigenvalue weighted by atomic mass is 32.2. The third-order valence-corrected chi connectivity index (χ3v) is 6.20. The van der Waals surface area contributed by atoms with E-state index in [0.717, 1.165) is 16.1 Å². The fraction of sp³-hybridized carbons (Fsp3) is 0.571. The SMILES string of the molecule is CN(c1ccc(C(C)(C)C)cc1)S(=O)(=O)CCS(C)(=O)=O. The van der Waals surface area contributed by atoms with Gasteiger partial charge in [0.25, 0.3) is 0 Å². The summed E-state index contributed by atoms with van der Waals surface area (Å²) in [6.07, 6.45) is 1.03. The number of rotatable bonds is 5. The van der Waals surface area contributed by atoms with Gasteiger partial charge >= 0.3 is 0 Å². The first-order valence-corrected chi connectivity index (χ1v) is 10.2. The minimum absolute atomic E-state index is 0.00767. The largest absolute Gasteiger partial charge is 0.273 e. The summed E-state index contributed by atoms with van der Waals surface area (Å²) in [5, 5.41) is 0. The normalized spacial score (nSPS) is 13.2. The molecule has 0 bridgehead atoms. The maximum absolute atomic E-state index is 12.1. The molecule has 21 heavy (non-hydrogen) atoms. The van der Waals surface area contributed by atoms with Crippen molar-refractivity contribution in [2.24, 2.45) is 0 Å². The monoisotopic (exact) mass is 333 g/mol. The Labute approximate surface area is 127 Å². The molecule has 0 spiro atoms. The van der Waals surface area contributed by atoms with Crippen LogP contribution in [0.5, 0.6) is 0 Å². The molecule has 120 valence electrons. The van der Waals surface area contributed by atoms with Gasteiger partial charge in [-0.2, -0.15) is 0 Å². The molecular weight excluding hydrogens is 310 g/mol. The number of nitrogens with zero attached hydrogens (tertiary/aromatic N) is 1. The zero-order valence-corrected chi connectivity index (χ0v) is 14.8. The fourth-order valence-electron chi connectivity index (χ4n) is 1.73. The molecule has 0 saturated carbocycles. The Morgan fingerprint density at radius 3 is 1.81 bits per heavy atom. The minimum atomic E-state index is -3.64. The number of benzene rings is 1. The lowest BCUT2D eigenvalue weighted by atomic mass is 9.87. The van der Waals surface area contributed by atoms with E-state index in [-0.39, 0.29) is 11.2 Å². The number of anilines is 1. The maximum atomic E-state index is 12.1. The molecule has 0 aliphatic heterocycles. The van der Waals surface area contributed by atoms with Crippen LogP contribution >= 0.6 is 0 Å². The summed E-state index contributed by atoms with van der Waals surface area (Å²) in [6.45, 7) is 6.23. The molecule has 0 radical (unpaired) electrons. The van der Waals surface area contributed by atoms with Gasteiger partial charge in [-0.05, 0) is 23.1 Å². The van der Waals surface area contributed by atoms with Crippen molar-refractivity contribution >= 4 is 25.5 Å². The van der Waals surface area contributed by atoms with Gasteiger partial charge in [0.05, 0.1) is 17.2 Å². The minimum Gasteiger partial charge on any atom is -0.273 e. The Hall–Kier alpha value is -1.08. The molecule has 1 aromatic rings. The van der Waals surface area contributed by atoms with Gasteiger partial charge in [-0.3, -0.25) is 4.31 Å². The van der Waals surface area contributed by atoms with Crippen LogP contribution in [0.4, 0.5) is 5.69 Å². The van der Waals surface area contributed by atoms with Gasteiger partial charge in [-0.25, -0.2) is 16.8 Å². The molecule has 0 aliphatic rings. The molecule has 1 rings (SSSR count). The van der Waals surface area contributed by atoms with Crippen molar-refractivity contribution in [2.45, 2.75) is 26.2 Å². The van der Waals surface area contributed by atoms with Crippen molar-refractivity contribution in [1.29, 1.82) is 0 Å². The molecule has 0 atom stereocenters. The van der Waals surface area contributed by atoms with Gasteiger partial charge in [-0.1, -0.05) is 32.9 Å². The van der Waals surface area contributed by atoms with Crippen LogP contribution in [-0.4, -0.2) is 41.6 Å². The van der Waals surface area contributed by atoms with E-state index in [1.54, 1.807) is 12.1 Å². The molecule has 5 nitrogen and oxygen atoms in total. The number of hydrogen-bond donors (Lipinski definition) is 0. The van der Waals surface area contributed by atoms with Crippen LogP contribution in [0.1, 0.15) is 26.3 Å². The van der Waals surface area contributed by atoms with Gasteiger partial charge in [0.15, 0.2) is 0 Å². The fourth-order valence-corrected chi connectivity index (χ4v) is 4.50. The third-order valence-electron chi connectivity index (χ3n) is 3.23. The molecule has 0 unspecified atom stereocenters. The summed E-state index contributed by atoms with van der Waals surface area (Å²) in [5.74, 6) is -0.789. The first-order valence-electron chi connectivity index (χ1n) is 6.58. The molecule has 0 heterocycles. The van der Waals surface area contributed by atoms with E-state index >= 15 is 0 Å². The molecule has 0 amide bonds. The number of sulfonamides is 1. The van der Waals surface area contributed by atoms with Gasteiger partial charge in [0, 0.05) is 13.3 Å². The van der Waals surface area contributed by atoms with Crippen molar-refractivity contribution in [2.75, 3.05) is 29.1 Å². The lowest BCUT2D eigenvalue weighted by Gasteiger charge is -2.22. The first kappa shape index (κ1) is 18.0. The summed E-state index contributed by atoms with van der Waals surface area (Å²) < 4.78 is 47.6. The van der Waals surface area contributed by atoms with E-state index in [4.69, 9.17) is 0 Å². The quantitative estimate of drug-likeness (QED) is 0.823. The number of sulfone groups is 1. The second kappa shape index (κ2) is 5.96. The molecular formula is C14H23NO4S2. The van der Waals surface area contributed by atoms with Crippen LogP contribution in [0, 0.1) is 0 Å². The summed E-state index contributed by atoms with van der Waals surface area (Å²) in [5.41, 5.74) is 1.62. The summed E-state index contributed by atoms with van der Waals surface area (Å²) in [7, 11) is -5.51. The molecule has 0 N–H and O–H groups in total. The van der Waals surface area contributed by atoms with Crippen molar-refractivity contribution in [3.8, 4) is 0 Å². The predicted octanol–water partition coefficient (Wildman–Crippen LogP) is 1.79. The van der Waals surface area contributed by atoms with Gasteiger partial charge in [-0.15, -0.1) is 0 Å². The van der Waals surface area contributed by atoms with E-state index in [9.17, 15) is 16.8 Å². The maximum Gasteiger partial charge on any atom is 0.235 e. The average molecular weight is 333 g/mol. The summed E-state index contributed by atoms with van der Waals surface area (Å²) >= 11 is 0. The Balaban J connectivity index is 2.95. The molecule has 0 saturated heterocycles. The summed E-state index contributed by atoms with van der Waals surface area (Å²) in [6, 6.07) is 7.24. The van der Waals surface area contributed by atoms with E-state index in [1.165, 1.54) is 7.05 Å². The Morgan fingerprint density at radius 1 is 0.952 bits per heavy atom. The number of hydrogen-bond acceptors (Lipinski definition) is 4. The lowest BCUT2D eigenvalue weighted by molar-refractivity contribution is 0.588. The molecule has 7 heteroatoms. The van der Waals surface area contributed by atoms with Crippen LogP contribution in [0.2, 0.25) is 0 Å². The average Bonchev–Trinajstić information content (AvgIpc) is 2.34. The standard InChI is InChI=1S/C14H23NO4S2/c1-14(2,3)12-6-8-13(9-7-12)15(4)21(18,19)11-10-20(5,16)17/h6-9H,10-11H2,1-5H3. The molecule has 0 aliphatic carbocycles. The zero-order valence-electron chi connectivity index (χ0n) is 13.1. The first-order chi connectivity index (χ1) is 9.33. The van der Waals surface area contributed by atoms with E-state index in [0.29, 0.717) is 5.69 Å². The molecule has 1 aromatic carbocycles. The Bertz CT molecular complexity index is 683. The smallest absolute Gasteiger partial charge is 0.235 e. The topological polar surface area (TPSA) is 71.5 Å².